The van der Waals surface area contributed by atoms with E-state index in [1.165, 1.54) is 0 Å². The van der Waals surface area contributed by atoms with E-state index in [0.29, 0.717) is 5.56 Å². The molecule has 0 saturated heterocycles. The van der Waals surface area contributed by atoms with Gasteiger partial charge in [-0.2, -0.15) is 0 Å². The normalized spacial score (nSPS) is 12.3. The van der Waals surface area contributed by atoms with Gasteiger partial charge in [-0.05, 0) is 33.3 Å². The Labute approximate surface area is 102 Å². The van der Waals surface area contributed by atoms with Crippen LogP contribution in [0, 0.1) is 12.8 Å². The van der Waals surface area contributed by atoms with Gasteiger partial charge in [-0.15, -0.1) is 0 Å². The van der Waals surface area contributed by atoms with Gasteiger partial charge in [-0.1, -0.05) is 24.3 Å². The van der Waals surface area contributed by atoms with Gasteiger partial charge in [0.05, 0.1) is 6.10 Å². The first kappa shape index (κ1) is 13.4. The molecule has 0 amide bonds. The van der Waals surface area contributed by atoms with Crippen molar-refractivity contribution in [2.75, 3.05) is 0 Å². The van der Waals surface area contributed by atoms with Crippen molar-refractivity contribution in [3.8, 4) is 0 Å². The van der Waals surface area contributed by atoms with Gasteiger partial charge >= 0.3 is 5.97 Å². The molecule has 0 fully saturated rings. The summed E-state index contributed by atoms with van der Waals surface area (Å²) >= 11 is 0. The Kier molecular flexibility index (Phi) is 4.44. The van der Waals surface area contributed by atoms with Crippen LogP contribution >= 0.6 is 0 Å². The molecule has 3 nitrogen and oxygen atoms in total. The standard InChI is InChI=1S/C14H18O3/c1-9(2)17-14(16)11(4)13(15)12-8-6-5-7-10(12)3/h5-9,11H,1-4H3. The van der Waals surface area contributed by atoms with Crippen LogP contribution in [0.5, 0.6) is 0 Å². The van der Waals surface area contributed by atoms with Crippen LogP contribution in [0.3, 0.4) is 0 Å². The minimum absolute atomic E-state index is 0.186. The Morgan fingerprint density at radius 2 is 1.71 bits per heavy atom. The zero-order valence-corrected chi connectivity index (χ0v) is 10.7. The highest BCUT2D eigenvalue weighted by Crippen LogP contribution is 2.14. The lowest BCUT2D eigenvalue weighted by Gasteiger charge is -2.14. The maximum atomic E-state index is 12.1. The zero-order chi connectivity index (χ0) is 13.0. The monoisotopic (exact) mass is 234 g/mol. The molecular weight excluding hydrogens is 216 g/mol. The number of carbonyl (C=O) groups excluding carboxylic acids is 2. The highest BCUT2D eigenvalue weighted by atomic mass is 16.5. The fraction of sp³-hybridized carbons (Fsp3) is 0.429. The van der Waals surface area contributed by atoms with Crippen LogP contribution in [0.4, 0.5) is 0 Å². The van der Waals surface area contributed by atoms with E-state index in [9.17, 15) is 9.59 Å². The van der Waals surface area contributed by atoms with Gasteiger partial charge in [0.25, 0.3) is 0 Å². The summed E-state index contributed by atoms with van der Waals surface area (Å²) in [6, 6.07) is 7.24. The summed E-state index contributed by atoms with van der Waals surface area (Å²) in [5.41, 5.74) is 1.46. The molecule has 17 heavy (non-hydrogen) atoms. The fourth-order valence-electron chi connectivity index (χ4n) is 1.52. The Balaban J connectivity index is 2.84. The molecule has 0 heterocycles. The van der Waals surface area contributed by atoms with Crippen molar-refractivity contribution in [3.63, 3.8) is 0 Å². The maximum Gasteiger partial charge on any atom is 0.316 e. The number of carbonyl (C=O) groups is 2. The summed E-state index contributed by atoms with van der Waals surface area (Å²) in [4.78, 5) is 23.7. The molecule has 0 aliphatic heterocycles. The third-order valence-corrected chi connectivity index (χ3v) is 2.51. The molecule has 0 radical (unpaired) electrons. The van der Waals surface area contributed by atoms with Crippen molar-refractivity contribution >= 4 is 11.8 Å². The van der Waals surface area contributed by atoms with E-state index in [4.69, 9.17) is 4.74 Å². The predicted molar refractivity (Wildman–Crippen MR) is 65.9 cm³/mol. The first-order valence-electron chi connectivity index (χ1n) is 5.73. The summed E-state index contributed by atoms with van der Waals surface area (Å²) in [6.45, 7) is 6.97. The summed E-state index contributed by atoms with van der Waals surface area (Å²) in [5.74, 6) is -1.40. The third kappa shape index (κ3) is 3.41. The molecule has 1 aromatic rings. The molecular formula is C14H18O3. The highest BCUT2D eigenvalue weighted by Gasteiger charge is 2.25. The minimum Gasteiger partial charge on any atom is -0.462 e. The van der Waals surface area contributed by atoms with Crippen LogP contribution in [-0.2, 0) is 9.53 Å². The third-order valence-electron chi connectivity index (χ3n) is 2.51. The van der Waals surface area contributed by atoms with Crippen LogP contribution in [0.15, 0.2) is 24.3 Å². The van der Waals surface area contributed by atoms with E-state index in [1.807, 2.05) is 19.1 Å². The van der Waals surface area contributed by atoms with Crippen molar-refractivity contribution in [1.82, 2.24) is 0 Å². The van der Waals surface area contributed by atoms with Gasteiger partial charge in [0, 0.05) is 5.56 Å². The number of hydrogen-bond donors (Lipinski definition) is 0. The second kappa shape index (κ2) is 5.62. The summed E-state index contributed by atoms with van der Waals surface area (Å²) in [7, 11) is 0. The zero-order valence-electron chi connectivity index (χ0n) is 10.7. The van der Waals surface area contributed by atoms with Gasteiger partial charge in [-0.3, -0.25) is 9.59 Å². The smallest absolute Gasteiger partial charge is 0.316 e. The maximum absolute atomic E-state index is 12.1. The van der Waals surface area contributed by atoms with Gasteiger partial charge in [0.2, 0.25) is 0 Å². The van der Waals surface area contributed by atoms with Crippen LogP contribution in [-0.4, -0.2) is 17.9 Å². The topological polar surface area (TPSA) is 43.4 Å². The minimum atomic E-state index is -0.751. The van der Waals surface area contributed by atoms with Gasteiger partial charge in [0.15, 0.2) is 5.78 Å². The van der Waals surface area contributed by atoms with Gasteiger partial charge < -0.3 is 4.74 Å². The molecule has 3 heteroatoms. The van der Waals surface area contributed by atoms with Crippen LogP contribution in [0.1, 0.15) is 36.7 Å². The highest BCUT2D eigenvalue weighted by molar-refractivity contribution is 6.09. The molecule has 0 saturated carbocycles. The number of aryl methyl sites for hydroxylation is 1. The summed E-state index contributed by atoms with van der Waals surface area (Å²) in [5, 5.41) is 0. The lowest BCUT2D eigenvalue weighted by Crippen LogP contribution is -2.26. The quantitative estimate of drug-likeness (QED) is 0.457. The predicted octanol–water partition coefficient (Wildman–Crippen LogP) is 2.77. The molecule has 1 rings (SSSR count). The molecule has 0 N–H and O–H groups in total. The largest absolute Gasteiger partial charge is 0.462 e. The molecule has 0 aliphatic rings. The average molecular weight is 234 g/mol. The molecule has 92 valence electrons. The molecule has 0 aliphatic carbocycles. The van der Waals surface area contributed by atoms with Crippen molar-refractivity contribution in [1.29, 1.82) is 0 Å². The van der Waals surface area contributed by atoms with Crippen LogP contribution < -0.4 is 0 Å². The number of esters is 1. The molecule has 1 aromatic carbocycles. The Bertz CT molecular complexity index is 421. The van der Waals surface area contributed by atoms with Gasteiger partial charge in [-0.25, -0.2) is 0 Å². The molecule has 1 unspecified atom stereocenters. The lowest BCUT2D eigenvalue weighted by atomic mass is 9.96. The number of Topliss-reactive ketones (excluding diaryl/α,β-unsaturated/α-hetero) is 1. The second-order valence-electron chi connectivity index (χ2n) is 4.39. The molecule has 0 bridgehead atoms. The number of benzene rings is 1. The fourth-order valence-corrected chi connectivity index (χ4v) is 1.52. The van der Waals surface area contributed by atoms with Crippen LogP contribution in [0.2, 0.25) is 0 Å². The molecule has 1 atom stereocenters. The van der Waals surface area contributed by atoms with Crippen molar-refractivity contribution in [2.24, 2.45) is 5.92 Å². The van der Waals surface area contributed by atoms with E-state index in [1.54, 1.807) is 32.9 Å². The van der Waals surface area contributed by atoms with E-state index < -0.39 is 11.9 Å². The van der Waals surface area contributed by atoms with E-state index in [-0.39, 0.29) is 11.9 Å². The van der Waals surface area contributed by atoms with Gasteiger partial charge in [0.1, 0.15) is 5.92 Å². The SMILES string of the molecule is Cc1ccccc1C(=O)C(C)C(=O)OC(C)C. The number of ketones is 1. The first-order chi connectivity index (χ1) is 7.93. The van der Waals surface area contributed by atoms with Crippen molar-refractivity contribution in [2.45, 2.75) is 33.8 Å². The Morgan fingerprint density at radius 1 is 1.12 bits per heavy atom. The average Bonchev–Trinajstić information content (AvgIpc) is 2.27. The van der Waals surface area contributed by atoms with Crippen molar-refractivity contribution in [3.05, 3.63) is 35.4 Å². The molecule has 0 aromatic heterocycles. The molecule has 0 spiro atoms. The lowest BCUT2D eigenvalue weighted by molar-refractivity contribution is -0.149. The van der Waals surface area contributed by atoms with E-state index in [2.05, 4.69) is 0 Å². The van der Waals surface area contributed by atoms with Crippen molar-refractivity contribution < 1.29 is 14.3 Å². The number of hydrogen-bond acceptors (Lipinski definition) is 3. The second-order valence-corrected chi connectivity index (χ2v) is 4.39. The first-order valence-corrected chi connectivity index (χ1v) is 5.73. The Hall–Kier alpha value is -1.64. The Morgan fingerprint density at radius 3 is 2.24 bits per heavy atom. The summed E-state index contributed by atoms with van der Waals surface area (Å²) < 4.78 is 5.03. The van der Waals surface area contributed by atoms with E-state index in [0.717, 1.165) is 5.56 Å². The number of ether oxygens (including phenoxy) is 1. The summed E-state index contributed by atoms with van der Waals surface area (Å²) in [6.07, 6.45) is -0.199. The number of rotatable bonds is 4. The van der Waals surface area contributed by atoms with E-state index >= 15 is 0 Å². The van der Waals surface area contributed by atoms with Crippen LogP contribution in [0.25, 0.3) is 0 Å².